The van der Waals surface area contributed by atoms with E-state index in [1.54, 1.807) is 12.1 Å². The summed E-state index contributed by atoms with van der Waals surface area (Å²) in [7, 11) is 0. The number of rotatable bonds is 0. The topological polar surface area (TPSA) is 73.6 Å². The summed E-state index contributed by atoms with van der Waals surface area (Å²) in [6, 6.07) is 5.54. The first kappa shape index (κ1) is 8.03. The van der Waals surface area contributed by atoms with Gasteiger partial charge in [0, 0.05) is 0 Å². The van der Waals surface area contributed by atoms with Crippen LogP contribution in [0.25, 0.3) is 0 Å². The number of benzene rings is 1. The van der Waals surface area contributed by atoms with Crippen LogP contribution in [0.2, 0.25) is 0 Å². The molecule has 0 saturated heterocycles. The predicted molar refractivity (Wildman–Crippen MR) is 40.2 cm³/mol. The van der Waals surface area contributed by atoms with E-state index in [1.165, 1.54) is 0 Å². The summed E-state index contributed by atoms with van der Waals surface area (Å²) in [5.41, 5.74) is 5.16. The first-order valence-corrected chi connectivity index (χ1v) is 3.08. The number of hydrogen-bond acceptors (Lipinski definition) is 3. The molecule has 0 atom stereocenters. The molecule has 1 rings (SSSR count). The van der Waals surface area contributed by atoms with Crippen LogP contribution in [0.5, 0.6) is 0 Å². The Hall–Kier alpha value is -2.07. The van der Waals surface area contributed by atoms with Crippen molar-refractivity contribution >= 4 is 5.69 Å². The molecule has 0 unspecified atom stereocenters. The molecule has 0 aliphatic heterocycles. The Kier molecular flexibility index (Phi) is 1.94. The van der Waals surface area contributed by atoms with Crippen molar-refractivity contribution in [1.82, 2.24) is 0 Å². The van der Waals surface area contributed by atoms with Crippen LogP contribution >= 0.6 is 0 Å². The molecule has 0 aliphatic rings. The van der Waals surface area contributed by atoms with Crippen LogP contribution in [0.15, 0.2) is 12.1 Å². The fraction of sp³-hybridized carbons (Fsp3) is 0. The van der Waals surface area contributed by atoms with E-state index in [-0.39, 0.29) is 16.8 Å². The van der Waals surface area contributed by atoms with Crippen molar-refractivity contribution in [1.29, 1.82) is 10.5 Å². The minimum atomic E-state index is -0.675. The summed E-state index contributed by atoms with van der Waals surface area (Å²) < 4.78 is 12.7. The molecule has 0 saturated carbocycles. The number of hydrogen-bond donors (Lipinski definition) is 1. The Morgan fingerprint density at radius 2 is 1.67 bits per heavy atom. The maximum absolute atomic E-state index is 12.7. The Balaban J connectivity index is 3.44. The van der Waals surface area contributed by atoms with Crippen molar-refractivity contribution in [2.24, 2.45) is 0 Å². The summed E-state index contributed by atoms with van der Waals surface area (Å²) in [6.45, 7) is 0. The van der Waals surface area contributed by atoms with Crippen LogP contribution in [0.3, 0.4) is 0 Å². The molecule has 0 aromatic heterocycles. The third-order valence-electron chi connectivity index (χ3n) is 1.38. The van der Waals surface area contributed by atoms with Gasteiger partial charge in [0.15, 0.2) is 0 Å². The number of nitrogens with two attached hydrogens (primary N) is 1. The van der Waals surface area contributed by atoms with Crippen LogP contribution in [0, 0.1) is 28.5 Å². The first-order chi connectivity index (χ1) is 5.69. The first-order valence-electron chi connectivity index (χ1n) is 3.08. The zero-order valence-electron chi connectivity index (χ0n) is 6.00. The highest BCUT2D eigenvalue weighted by Gasteiger charge is 2.06. The van der Waals surface area contributed by atoms with Crippen molar-refractivity contribution in [3.05, 3.63) is 29.1 Å². The average molecular weight is 161 g/mol. The van der Waals surface area contributed by atoms with Gasteiger partial charge in [-0.25, -0.2) is 4.39 Å². The Morgan fingerprint density at radius 1 is 1.17 bits per heavy atom. The molecule has 0 radical (unpaired) electrons. The normalized spacial score (nSPS) is 8.58. The van der Waals surface area contributed by atoms with Crippen LogP contribution in [0.1, 0.15) is 11.1 Å². The maximum atomic E-state index is 12.7. The molecular weight excluding hydrogens is 157 g/mol. The molecule has 58 valence electrons. The van der Waals surface area contributed by atoms with Crippen molar-refractivity contribution in [3.8, 4) is 12.1 Å². The van der Waals surface area contributed by atoms with E-state index in [0.717, 1.165) is 12.1 Å². The average Bonchev–Trinajstić information content (AvgIpc) is 2.09. The maximum Gasteiger partial charge on any atom is 0.147 e. The molecule has 0 aliphatic carbocycles. The van der Waals surface area contributed by atoms with Gasteiger partial charge in [-0.3, -0.25) is 0 Å². The van der Waals surface area contributed by atoms with Crippen LogP contribution in [-0.4, -0.2) is 0 Å². The lowest BCUT2D eigenvalue weighted by Gasteiger charge is -1.97. The number of anilines is 1. The Bertz CT molecular complexity index is 359. The van der Waals surface area contributed by atoms with E-state index in [9.17, 15) is 4.39 Å². The third-order valence-corrected chi connectivity index (χ3v) is 1.38. The SMILES string of the molecule is N#Cc1cc(N)c(F)cc1C#N. The predicted octanol–water partition coefficient (Wildman–Crippen LogP) is 1.15. The van der Waals surface area contributed by atoms with Crippen LogP contribution < -0.4 is 5.73 Å². The second-order valence-corrected chi connectivity index (χ2v) is 2.14. The molecule has 2 N–H and O–H groups in total. The molecule has 0 spiro atoms. The third kappa shape index (κ3) is 1.18. The van der Waals surface area contributed by atoms with Crippen molar-refractivity contribution in [3.63, 3.8) is 0 Å². The molecule has 3 nitrogen and oxygen atoms in total. The van der Waals surface area contributed by atoms with Crippen molar-refractivity contribution in [2.75, 3.05) is 5.73 Å². The van der Waals surface area contributed by atoms with Gasteiger partial charge in [0.05, 0.1) is 16.8 Å². The molecule has 12 heavy (non-hydrogen) atoms. The molecule has 1 aromatic carbocycles. The summed E-state index contributed by atoms with van der Waals surface area (Å²) >= 11 is 0. The number of halogens is 1. The van der Waals surface area contributed by atoms with Crippen LogP contribution in [-0.2, 0) is 0 Å². The summed E-state index contributed by atoms with van der Waals surface area (Å²) in [6.07, 6.45) is 0. The number of nitriles is 2. The van der Waals surface area contributed by atoms with Gasteiger partial charge in [-0.05, 0) is 12.1 Å². The number of nitrogen functional groups attached to an aromatic ring is 1. The van der Waals surface area contributed by atoms with E-state index < -0.39 is 5.82 Å². The van der Waals surface area contributed by atoms with Gasteiger partial charge < -0.3 is 5.73 Å². The van der Waals surface area contributed by atoms with Crippen molar-refractivity contribution < 1.29 is 4.39 Å². The summed E-state index contributed by atoms with van der Waals surface area (Å²) in [5.74, 6) is -0.675. The summed E-state index contributed by atoms with van der Waals surface area (Å²) in [5, 5.41) is 16.9. The lowest BCUT2D eigenvalue weighted by Crippen LogP contribution is -1.94. The van der Waals surface area contributed by atoms with Gasteiger partial charge in [-0.1, -0.05) is 0 Å². The number of nitrogens with zero attached hydrogens (tertiary/aromatic N) is 2. The fourth-order valence-electron chi connectivity index (χ4n) is 0.775. The zero-order chi connectivity index (χ0) is 9.14. The Labute approximate surface area is 68.5 Å². The quantitative estimate of drug-likeness (QED) is 0.580. The van der Waals surface area contributed by atoms with Gasteiger partial charge in [0.2, 0.25) is 0 Å². The molecule has 0 amide bonds. The Morgan fingerprint density at radius 3 is 2.17 bits per heavy atom. The molecular formula is C8H4FN3. The highest BCUT2D eigenvalue weighted by Crippen LogP contribution is 2.15. The van der Waals surface area contributed by atoms with Gasteiger partial charge in [0.25, 0.3) is 0 Å². The zero-order valence-corrected chi connectivity index (χ0v) is 6.00. The lowest BCUT2D eigenvalue weighted by atomic mass is 10.1. The molecule has 0 heterocycles. The minimum Gasteiger partial charge on any atom is -0.396 e. The minimum absolute atomic E-state index is 0.00389. The van der Waals surface area contributed by atoms with E-state index >= 15 is 0 Å². The molecule has 1 aromatic rings. The molecule has 4 heteroatoms. The molecule has 0 fully saturated rings. The highest BCUT2D eigenvalue weighted by molar-refractivity contribution is 5.54. The van der Waals surface area contributed by atoms with Gasteiger partial charge in [0.1, 0.15) is 18.0 Å². The second kappa shape index (κ2) is 2.89. The lowest BCUT2D eigenvalue weighted by molar-refractivity contribution is 0.632. The van der Waals surface area contributed by atoms with Crippen molar-refractivity contribution in [2.45, 2.75) is 0 Å². The van der Waals surface area contributed by atoms with Gasteiger partial charge in [-0.15, -0.1) is 0 Å². The highest BCUT2D eigenvalue weighted by atomic mass is 19.1. The second-order valence-electron chi connectivity index (χ2n) is 2.14. The van der Waals surface area contributed by atoms with E-state index in [0.29, 0.717) is 0 Å². The largest absolute Gasteiger partial charge is 0.396 e. The van der Waals surface area contributed by atoms with Gasteiger partial charge >= 0.3 is 0 Å². The summed E-state index contributed by atoms with van der Waals surface area (Å²) in [4.78, 5) is 0. The van der Waals surface area contributed by atoms with Gasteiger partial charge in [-0.2, -0.15) is 10.5 Å². The van der Waals surface area contributed by atoms with E-state index in [1.807, 2.05) is 0 Å². The monoisotopic (exact) mass is 161 g/mol. The molecule has 0 bridgehead atoms. The standard InChI is InChI=1S/C8H4FN3/c9-7-1-5(3-10)6(4-11)2-8(7)12/h1-2H,12H2. The van der Waals surface area contributed by atoms with E-state index in [4.69, 9.17) is 16.3 Å². The fourth-order valence-corrected chi connectivity index (χ4v) is 0.775. The smallest absolute Gasteiger partial charge is 0.147 e. The van der Waals surface area contributed by atoms with E-state index in [2.05, 4.69) is 0 Å². The van der Waals surface area contributed by atoms with Crippen LogP contribution in [0.4, 0.5) is 10.1 Å².